The van der Waals surface area contributed by atoms with E-state index in [0.717, 1.165) is 31.4 Å². The van der Waals surface area contributed by atoms with E-state index in [-0.39, 0.29) is 11.4 Å². The van der Waals surface area contributed by atoms with Crippen LogP contribution < -0.4 is 15.0 Å². The second kappa shape index (κ2) is 7.16. The van der Waals surface area contributed by atoms with E-state index in [0.29, 0.717) is 36.6 Å². The molecule has 2 fully saturated rings. The van der Waals surface area contributed by atoms with Crippen molar-refractivity contribution in [2.45, 2.75) is 37.6 Å². The summed E-state index contributed by atoms with van der Waals surface area (Å²) in [5.74, 6) is -1.29. The van der Waals surface area contributed by atoms with Crippen LogP contribution in [0.4, 0.5) is 23.4 Å². The van der Waals surface area contributed by atoms with E-state index < -0.39 is 17.9 Å². The van der Waals surface area contributed by atoms with Gasteiger partial charge in [0.1, 0.15) is 12.1 Å². The van der Waals surface area contributed by atoms with Crippen LogP contribution in [0.5, 0.6) is 5.75 Å². The smallest absolute Gasteiger partial charge is 0.403 e. The predicted molar refractivity (Wildman–Crippen MR) is 95.7 cm³/mol. The van der Waals surface area contributed by atoms with Crippen LogP contribution in [0.3, 0.4) is 0 Å². The van der Waals surface area contributed by atoms with Crippen molar-refractivity contribution < 1.29 is 27.1 Å². The minimum absolute atomic E-state index is 0.0859. The molecular weight excluding hydrogens is 392 g/mol. The molecule has 4 rings (SSSR count). The average Bonchev–Trinajstić information content (AvgIpc) is 3.03. The van der Waals surface area contributed by atoms with E-state index in [4.69, 9.17) is 0 Å². The maximum absolute atomic E-state index is 14.0. The number of anilines is 1. The van der Waals surface area contributed by atoms with Gasteiger partial charge in [0.2, 0.25) is 5.91 Å². The molecule has 1 aromatic heterocycles. The number of aromatic nitrogens is 2. The summed E-state index contributed by atoms with van der Waals surface area (Å²) in [6.07, 6.45) is -0.636. The molecule has 0 atom stereocenters. The highest BCUT2D eigenvalue weighted by Crippen LogP contribution is 2.34. The van der Waals surface area contributed by atoms with E-state index in [1.165, 1.54) is 12.4 Å². The lowest BCUT2D eigenvalue weighted by molar-refractivity contribution is -0.275. The van der Waals surface area contributed by atoms with Crippen molar-refractivity contribution in [3.05, 3.63) is 36.4 Å². The number of alkyl halides is 3. The standard InChI is InChI=1S/C19H18F4N4O2/c20-13-9-12(1-2-15(13)29-19(21,22)23)14-10-16(25-11-24-14)27-7-5-18(6-8-27)4-3-17(28)26-18/h1-2,9-11H,3-8H2,(H,26,28). The van der Waals surface area contributed by atoms with E-state index in [1.807, 2.05) is 0 Å². The van der Waals surface area contributed by atoms with Gasteiger partial charge >= 0.3 is 6.36 Å². The Hall–Kier alpha value is -2.91. The second-order valence-electron chi connectivity index (χ2n) is 7.27. The minimum atomic E-state index is -4.96. The third kappa shape index (κ3) is 4.25. The molecule has 0 unspecified atom stereocenters. The third-order valence-electron chi connectivity index (χ3n) is 5.39. The molecule has 1 amide bonds. The lowest BCUT2D eigenvalue weighted by Crippen LogP contribution is -2.51. The molecule has 10 heteroatoms. The van der Waals surface area contributed by atoms with Crippen LogP contribution in [0.15, 0.2) is 30.6 Å². The van der Waals surface area contributed by atoms with E-state index in [2.05, 4.69) is 24.9 Å². The predicted octanol–water partition coefficient (Wildman–Crippen LogP) is 3.43. The van der Waals surface area contributed by atoms with Gasteiger partial charge in [0.05, 0.1) is 5.69 Å². The summed E-state index contributed by atoms with van der Waals surface area (Å²) in [4.78, 5) is 22.0. The zero-order chi connectivity index (χ0) is 20.6. The summed E-state index contributed by atoms with van der Waals surface area (Å²) < 4.78 is 54.5. The number of benzene rings is 1. The normalized spacial score (nSPS) is 18.8. The second-order valence-corrected chi connectivity index (χ2v) is 7.27. The number of rotatable bonds is 3. The van der Waals surface area contributed by atoms with Gasteiger partial charge in [-0.25, -0.2) is 14.4 Å². The van der Waals surface area contributed by atoms with Gasteiger partial charge in [0.25, 0.3) is 0 Å². The first-order valence-electron chi connectivity index (χ1n) is 9.17. The summed E-state index contributed by atoms with van der Waals surface area (Å²) in [6, 6.07) is 4.86. The lowest BCUT2D eigenvalue weighted by atomic mass is 9.86. The summed E-state index contributed by atoms with van der Waals surface area (Å²) in [7, 11) is 0. The van der Waals surface area contributed by atoms with Crippen molar-refractivity contribution in [2.75, 3.05) is 18.0 Å². The van der Waals surface area contributed by atoms with Crippen LogP contribution in [0.25, 0.3) is 11.3 Å². The minimum Gasteiger partial charge on any atom is -0.403 e. The maximum Gasteiger partial charge on any atom is 0.573 e. The molecule has 2 aromatic rings. The summed E-state index contributed by atoms with van der Waals surface area (Å²) in [5, 5.41) is 3.07. The molecular formula is C19H18F4N4O2. The maximum atomic E-state index is 14.0. The van der Waals surface area contributed by atoms with Gasteiger partial charge in [0, 0.05) is 36.7 Å². The van der Waals surface area contributed by atoms with Crippen molar-refractivity contribution in [1.82, 2.24) is 15.3 Å². The van der Waals surface area contributed by atoms with Gasteiger partial charge in [-0.1, -0.05) is 0 Å². The number of nitrogens with zero attached hydrogens (tertiary/aromatic N) is 3. The molecule has 3 heterocycles. The van der Waals surface area contributed by atoms with Crippen LogP contribution >= 0.6 is 0 Å². The van der Waals surface area contributed by atoms with Gasteiger partial charge in [-0.3, -0.25) is 4.79 Å². The number of hydrogen-bond acceptors (Lipinski definition) is 5. The average molecular weight is 410 g/mol. The van der Waals surface area contributed by atoms with Gasteiger partial charge in [-0.15, -0.1) is 13.2 Å². The van der Waals surface area contributed by atoms with Crippen LogP contribution in [-0.2, 0) is 4.79 Å². The van der Waals surface area contributed by atoms with Crippen LogP contribution in [0, 0.1) is 5.82 Å². The van der Waals surface area contributed by atoms with Gasteiger partial charge in [-0.2, -0.15) is 0 Å². The highest BCUT2D eigenvalue weighted by Gasteiger charge is 2.40. The molecule has 1 aromatic carbocycles. The first-order chi connectivity index (χ1) is 13.7. The molecule has 0 bridgehead atoms. The van der Waals surface area contributed by atoms with Crippen molar-refractivity contribution >= 4 is 11.7 Å². The molecule has 154 valence electrons. The Morgan fingerprint density at radius 3 is 2.48 bits per heavy atom. The zero-order valence-corrected chi connectivity index (χ0v) is 15.3. The Labute approximate surface area is 163 Å². The van der Waals surface area contributed by atoms with E-state index in [9.17, 15) is 22.4 Å². The Bertz CT molecular complexity index is 927. The Morgan fingerprint density at radius 2 is 1.86 bits per heavy atom. The molecule has 0 radical (unpaired) electrons. The van der Waals surface area contributed by atoms with E-state index >= 15 is 0 Å². The highest BCUT2D eigenvalue weighted by molar-refractivity contribution is 5.79. The number of ether oxygens (including phenoxy) is 1. The molecule has 29 heavy (non-hydrogen) atoms. The monoisotopic (exact) mass is 410 g/mol. The van der Waals surface area contributed by atoms with Crippen LogP contribution in [0.2, 0.25) is 0 Å². The number of hydrogen-bond donors (Lipinski definition) is 1. The molecule has 2 aliphatic heterocycles. The van der Waals surface area contributed by atoms with Crippen molar-refractivity contribution in [3.8, 4) is 17.0 Å². The van der Waals surface area contributed by atoms with Crippen molar-refractivity contribution in [1.29, 1.82) is 0 Å². The number of carbonyl (C=O) groups is 1. The largest absolute Gasteiger partial charge is 0.573 e. The molecule has 2 saturated heterocycles. The number of piperidine rings is 1. The number of amides is 1. The van der Waals surface area contributed by atoms with E-state index in [1.54, 1.807) is 6.07 Å². The van der Waals surface area contributed by atoms with Crippen molar-refractivity contribution in [3.63, 3.8) is 0 Å². The highest BCUT2D eigenvalue weighted by atomic mass is 19.4. The van der Waals surface area contributed by atoms with Crippen molar-refractivity contribution in [2.24, 2.45) is 0 Å². The number of nitrogens with one attached hydrogen (secondary N) is 1. The van der Waals surface area contributed by atoms with Gasteiger partial charge in [-0.05, 0) is 37.5 Å². The first-order valence-corrected chi connectivity index (χ1v) is 9.17. The quantitative estimate of drug-likeness (QED) is 0.786. The molecule has 1 N–H and O–H groups in total. The Balaban J connectivity index is 1.49. The fourth-order valence-electron chi connectivity index (χ4n) is 3.86. The third-order valence-corrected chi connectivity index (χ3v) is 5.39. The fraction of sp³-hybridized carbons (Fsp3) is 0.421. The van der Waals surface area contributed by atoms with Crippen LogP contribution in [-0.4, -0.2) is 40.9 Å². The summed E-state index contributed by atoms with van der Waals surface area (Å²) in [5.41, 5.74) is 0.570. The molecule has 2 aliphatic rings. The fourth-order valence-corrected chi connectivity index (χ4v) is 3.86. The van der Waals surface area contributed by atoms with Crippen LogP contribution in [0.1, 0.15) is 25.7 Å². The van der Waals surface area contributed by atoms with Gasteiger partial charge < -0.3 is 15.0 Å². The zero-order valence-electron chi connectivity index (χ0n) is 15.3. The van der Waals surface area contributed by atoms with Gasteiger partial charge in [0.15, 0.2) is 11.6 Å². The lowest BCUT2D eigenvalue weighted by Gasteiger charge is -2.39. The number of carbonyl (C=O) groups excluding carboxylic acids is 1. The SMILES string of the molecule is O=C1CCC2(CCN(c3cc(-c4ccc(OC(F)(F)F)c(F)c4)ncn3)CC2)N1. The number of halogens is 4. The summed E-state index contributed by atoms with van der Waals surface area (Å²) in [6.45, 7) is 1.40. The Kier molecular flexibility index (Phi) is 4.79. The first kappa shape index (κ1) is 19.4. The molecule has 6 nitrogen and oxygen atoms in total. The molecule has 0 aliphatic carbocycles. The topological polar surface area (TPSA) is 67.4 Å². The summed E-state index contributed by atoms with van der Waals surface area (Å²) >= 11 is 0. The molecule has 1 spiro atoms. The Morgan fingerprint density at radius 1 is 1.10 bits per heavy atom. The molecule has 0 saturated carbocycles.